The molecule has 1 aliphatic rings. The van der Waals surface area contributed by atoms with Gasteiger partial charge in [-0.15, -0.1) is 0 Å². The van der Waals surface area contributed by atoms with Crippen molar-refractivity contribution in [2.75, 3.05) is 32.1 Å². The van der Waals surface area contributed by atoms with Crippen LogP contribution in [0.4, 0.5) is 5.82 Å². The van der Waals surface area contributed by atoms with Crippen molar-refractivity contribution in [2.45, 2.75) is 12.5 Å². The highest BCUT2D eigenvalue weighted by atomic mass is 32.1. The first-order valence-corrected chi connectivity index (χ1v) is 6.02. The van der Waals surface area contributed by atoms with Crippen molar-refractivity contribution >= 4 is 23.0 Å². The van der Waals surface area contributed by atoms with Crippen LogP contribution in [0.2, 0.25) is 0 Å². The molecule has 2 heterocycles. The minimum absolute atomic E-state index is 0.289. The number of nitrogens with two attached hydrogens (primary N) is 1. The lowest BCUT2D eigenvalue weighted by molar-refractivity contribution is 0.315. The third-order valence-electron chi connectivity index (χ3n) is 3.11. The molecule has 1 aliphatic heterocycles. The third kappa shape index (κ3) is 2.70. The molecule has 0 amide bonds. The molecular weight excluding hydrogens is 234 g/mol. The molecule has 1 fully saturated rings. The maximum absolute atomic E-state index is 5.49. The van der Waals surface area contributed by atoms with E-state index in [9.17, 15) is 0 Å². The topological polar surface area (TPSA) is 58.3 Å². The molecule has 6 heteroatoms. The molecule has 2 N–H and O–H groups in total. The number of hydrogen-bond acceptors (Lipinski definition) is 5. The number of aromatic nitrogens is 2. The van der Waals surface area contributed by atoms with Crippen LogP contribution >= 0.6 is 12.2 Å². The Hall–Kier alpha value is -1.27. The first kappa shape index (κ1) is 12.2. The lowest BCUT2D eigenvalue weighted by atomic mass is 10.2. The van der Waals surface area contributed by atoms with Gasteiger partial charge in [-0.3, -0.25) is 0 Å². The summed E-state index contributed by atoms with van der Waals surface area (Å²) in [7, 11) is 4.21. The van der Waals surface area contributed by atoms with Crippen LogP contribution in [0.1, 0.15) is 12.1 Å². The van der Waals surface area contributed by atoms with Crippen molar-refractivity contribution < 1.29 is 0 Å². The van der Waals surface area contributed by atoms with E-state index in [2.05, 4.69) is 33.9 Å². The van der Waals surface area contributed by atoms with E-state index in [4.69, 9.17) is 18.0 Å². The number of likely N-dealkylation sites (N-methyl/N-ethyl adjacent to an activating group) is 1. The third-order valence-corrected chi connectivity index (χ3v) is 3.32. The number of thiocarbonyl (C=S) groups is 1. The maximum atomic E-state index is 5.49. The summed E-state index contributed by atoms with van der Waals surface area (Å²) in [6, 6.07) is 0.590. The average Bonchev–Trinajstić information content (AvgIpc) is 2.78. The summed E-state index contributed by atoms with van der Waals surface area (Å²) >= 11 is 4.85. The van der Waals surface area contributed by atoms with Crippen molar-refractivity contribution in [3.05, 3.63) is 18.1 Å². The van der Waals surface area contributed by atoms with Gasteiger partial charge in [-0.2, -0.15) is 0 Å². The van der Waals surface area contributed by atoms with Crippen LogP contribution in [0.5, 0.6) is 0 Å². The molecule has 17 heavy (non-hydrogen) atoms. The predicted molar refractivity (Wildman–Crippen MR) is 72.2 cm³/mol. The van der Waals surface area contributed by atoms with E-state index in [-0.39, 0.29) is 4.99 Å². The van der Waals surface area contributed by atoms with Gasteiger partial charge >= 0.3 is 0 Å². The van der Waals surface area contributed by atoms with E-state index in [0.717, 1.165) is 25.3 Å². The van der Waals surface area contributed by atoms with E-state index < -0.39 is 0 Å². The summed E-state index contributed by atoms with van der Waals surface area (Å²) in [5.41, 5.74) is 6.06. The van der Waals surface area contributed by atoms with Crippen LogP contribution in [-0.2, 0) is 0 Å². The lowest BCUT2D eigenvalue weighted by Gasteiger charge is -2.20. The Labute approximate surface area is 107 Å². The minimum Gasteiger partial charge on any atom is -0.388 e. The second-order valence-electron chi connectivity index (χ2n) is 4.48. The number of hydrogen-bond donors (Lipinski definition) is 1. The normalized spacial score (nSPS) is 19.9. The van der Waals surface area contributed by atoms with Gasteiger partial charge in [0, 0.05) is 19.1 Å². The molecule has 1 aromatic rings. The van der Waals surface area contributed by atoms with Crippen LogP contribution in [0, 0.1) is 0 Å². The summed E-state index contributed by atoms with van der Waals surface area (Å²) in [6.45, 7) is 2.01. The molecule has 1 unspecified atom stereocenters. The van der Waals surface area contributed by atoms with Crippen molar-refractivity contribution in [3.63, 3.8) is 0 Å². The van der Waals surface area contributed by atoms with Gasteiger partial charge in [0.15, 0.2) is 0 Å². The van der Waals surface area contributed by atoms with Crippen LogP contribution in [0.15, 0.2) is 12.4 Å². The second-order valence-corrected chi connectivity index (χ2v) is 4.92. The molecule has 5 nitrogen and oxygen atoms in total. The largest absolute Gasteiger partial charge is 0.388 e. The highest BCUT2D eigenvalue weighted by Gasteiger charge is 2.24. The smallest absolute Gasteiger partial charge is 0.147 e. The Morgan fingerprint density at radius 1 is 1.47 bits per heavy atom. The molecule has 2 rings (SSSR count). The van der Waals surface area contributed by atoms with E-state index in [0.29, 0.717) is 11.7 Å². The lowest BCUT2D eigenvalue weighted by Crippen LogP contribution is -2.31. The predicted octanol–water partition coefficient (Wildman–Crippen LogP) is 0.251. The molecule has 1 aromatic heterocycles. The van der Waals surface area contributed by atoms with E-state index in [1.807, 2.05) is 0 Å². The molecule has 0 saturated carbocycles. The maximum Gasteiger partial charge on any atom is 0.147 e. The monoisotopic (exact) mass is 251 g/mol. The highest BCUT2D eigenvalue weighted by molar-refractivity contribution is 7.80. The summed E-state index contributed by atoms with van der Waals surface area (Å²) in [6.07, 6.45) is 4.54. The zero-order valence-electron chi connectivity index (χ0n) is 10.1. The summed E-state index contributed by atoms with van der Waals surface area (Å²) in [5, 5.41) is 0. The molecule has 0 radical (unpaired) electrons. The SMILES string of the molecule is CN(C)C1CCN(c2cnc(C(N)=S)cn2)C1. The Morgan fingerprint density at radius 2 is 2.24 bits per heavy atom. The molecule has 0 spiro atoms. The fourth-order valence-corrected chi connectivity index (χ4v) is 2.09. The van der Waals surface area contributed by atoms with E-state index in [1.54, 1.807) is 12.4 Å². The van der Waals surface area contributed by atoms with E-state index in [1.165, 1.54) is 0 Å². The molecule has 0 aromatic carbocycles. The fourth-order valence-electron chi connectivity index (χ4n) is 1.98. The number of nitrogens with zero attached hydrogens (tertiary/aromatic N) is 4. The quantitative estimate of drug-likeness (QED) is 0.777. The van der Waals surface area contributed by atoms with Gasteiger partial charge in [0.2, 0.25) is 0 Å². The molecule has 0 bridgehead atoms. The molecular formula is C11H17N5S. The van der Waals surface area contributed by atoms with E-state index >= 15 is 0 Å². The molecule has 0 aliphatic carbocycles. The van der Waals surface area contributed by atoms with Crippen LogP contribution in [0.3, 0.4) is 0 Å². The van der Waals surface area contributed by atoms with Crippen LogP contribution in [0.25, 0.3) is 0 Å². The Bertz CT molecular complexity index is 403. The Morgan fingerprint density at radius 3 is 2.71 bits per heavy atom. The van der Waals surface area contributed by atoms with Gasteiger partial charge in [-0.1, -0.05) is 12.2 Å². The highest BCUT2D eigenvalue weighted by Crippen LogP contribution is 2.19. The zero-order chi connectivity index (χ0) is 12.4. The van der Waals surface area contributed by atoms with Crippen LogP contribution < -0.4 is 10.6 Å². The van der Waals surface area contributed by atoms with Crippen LogP contribution in [-0.4, -0.2) is 53.1 Å². The summed E-state index contributed by atoms with van der Waals surface area (Å²) in [4.78, 5) is 13.3. The minimum atomic E-state index is 0.289. The molecule has 1 saturated heterocycles. The van der Waals surface area contributed by atoms with Crippen molar-refractivity contribution in [1.29, 1.82) is 0 Å². The fraction of sp³-hybridized carbons (Fsp3) is 0.545. The van der Waals surface area contributed by atoms with Crippen molar-refractivity contribution in [3.8, 4) is 0 Å². The van der Waals surface area contributed by atoms with Crippen molar-refractivity contribution in [1.82, 2.24) is 14.9 Å². The number of rotatable bonds is 3. The number of anilines is 1. The zero-order valence-corrected chi connectivity index (χ0v) is 10.9. The van der Waals surface area contributed by atoms with Gasteiger partial charge in [0.25, 0.3) is 0 Å². The van der Waals surface area contributed by atoms with Gasteiger partial charge in [0.05, 0.1) is 12.4 Å². The summed E-state index contributed by atoms with van der Waals surface area (Å²) in [5.74, 6) is 0.898. The Balaban J connectivity index is 2.06. The van der Waals surface area contributed by atoms with Gasteiger partial charge in [-0.05, 0) is 20.5 Å². The Kier molecular flexibility index (Phi) is 3.54. The first-order valence-electron chi connectivity index (χ1n) is 5.61. The molecule has 1 atom stereocenters. The van der Waals surface area contributed by atoms with Crippen molar-refractivity contribution in [2.24, 2.45) is 5.73 Å². The average molecular weight is 251 g/mol. The standard InChI is InChI=1S/C11H17N5S/c1-15(2)8-3-4-16(7-8)10-6-13-9(5-14-10)11(12)17/h5-6,8H,3-4,7H2,1-2H3,(H2,12,17). The van der Waals surface area contributed by atoms with Gasteiger partial charge in [-0.25, -0.2) is 9.97 Å². The second kappa shape index (κ2) is 4.93. The van der Waals surface area contributed by atoms with Gasteiger partial charge in [0.1, 0.15) is 16.5 Å². The molecule has 92 valence electrons. The van der Waals surface area contributed by atoms with Gasteiger partial charge < -0.3 is 15.5 Å². The summed E-state index contributed by atoms with van der Waals surface area (Å²) < 4.78 is 0. The first-order chi connectivity index (χ1) is 8.08.